The highest BCUT2D eigenvalue weighted by molar-refractivity contribution is 8.35. The van der Waals surface area contributed by atoms with Gasteiger partial charge in [0.1, 0.15) is 17.2 Å². The molecule has 0 bridgehead atoms. The lowest BCUT2D eigenvalue weighted by molar-refractivity contribution is 0.576. The van der Waals surface area contributed by atoms with Crippen molar-refractivity contribution in [2.75, 3.05) is 18.8 Å². The topological polar surface area (TPSA) is 17.3 Å². The van der Waals surface area contributed by atoms with Crippen LogP contribution in [0.1, 0.15) is 5.69 Å². The van der Waals surface area contributed by atoms with E-state index in [1.165, 1.54) is 10.6 Å². The van der Waals surface area contributed by atoms with Crippen molar-refractivity contribution in [1.29, 1.82) is 0 Å². The largest absolute Gasteiger partial charge is 0.287 e. The molecule has 0 unspecified atom stereocenters. The normalized spacial score (nSPS) is 12.1. The zero-order valence-corrected chi connectivity index (χ0v) is 15.0. The number of aromatic nitrogens is 2. The number of rotatable bonds is 1. The van der Waals surface area contributed by atoms with Crippen LogP contribution >= 0.6 is 21.6 Å². The van der Waals surface area contributed by atoms with Gasteiger partial charge in [-0.1, -0.05) is 23.7 Å². The van der Waals surface area contributed by atoms with Crippen molar-refractivity contribution < 1.29 is 8.78 Å². The molecule has 0 aliphatic heterocycles. The van der Waals surface area contributed by atoms with E-state index in [9.17, 15) is 8.78 Å². The van der Waals surface area contributed by atoms with E-state index < -0.39 is 21.7 Å². The molecule has 0 aliphatic rings. The second-order valence-electron chi connectivity index (χ2n) is 6.08. The van der Waals surface area contributed by atoms with Gasteiger partial charge in [-0.2, -0.15) is 10.0 Å². The molecule has 0 fully saturated rings. The van der Waals surface area contributed by atoms with Crippen molar-refractivity contribution in [3.63, 3.8) is 0 Å². The van der Waals surface area contributed by atoms with Gasteiger partial charge >= 0.3 is 0 Å². The van der Waals surface area contributed by atoms with Crippen molar-refractivity contribution >= 4 is 27.3 Å². The van der Waals surface area contributed by atoms with E-state index in [0.717, 1.165) is 11.6 Å². The fourth-order valence-electron chi connectivity index (χ4n) is 2.20. The van der Waals surface area contributed by atoms with Crippen molar-refractivity contribution in [3.8, 4) is 22.4 Å². The van der Waals surface area contributed by atoms with Crippen molar-refractivity contribution in [2.45, 2.75) is 0 Å². The minimum Gasteiger partial charge on any atom is -0.287 e. The number of imidazole rings is 1. The van der Waals surface area contributed by atoms with E-state index in [4.69, 9.17) is 11.6 Å². The Labute approximate surface area is 145 Å². The second-order valence-corrected chi connectivity index (χ2v) is 10.4. The SMILES string of the molecule is CS(C)(C)C#Cc1c(-c2ccc(Cl)cc2)nc2c(F)cc(F)cn12. The van der Waals surface area contributed by atoms with E-state index in [1.54, 1.807) is 24.3 Å². The fourth-order valence-corrected chi connectivity index (χ4v) is 2.73. The first-order valence-electron chi connectivity index (χ1n) is 7.09. The number of nitrogens with zero attached hydrogens (tertiary/aromatic N) is 2. The van der Waals surface area contributed by atoms with Gasteiger partial charge in [0.25, 0.3) is 0 Å². The number of hydrogen-bond acceptors (Lipinski definition) is 1. The molecular weight excluding hydrogens is 350 g/mol. The Balaban J connectivity index is 2.33. The van der Waals surface area contributed by atoms with Crippen LogP contribution in [-0.2, 0) is 0 Å². The standard InChI is InChI=1S/C18H15ClF2N2S/c1-24(2,3)9-8-16-17(12-4-6-13(19)7-5-12)22-18-15(21)10-14(20)11-23(16)18/h4-7,10-11H,1-3H3. The Morgan fingerprint density at radius 1 is 1.12 bits per heavy atom. The Bertz CT molecular complexity index is 977. The monoisotopic (exact) mass is 364 g/mol. The molecule has 0 N–H and O–H groups in total. The van der Waals surface area contributed by atoms with Crippen LogP contribution in [0.2, 0.25) is 5.02 Å². The molecule has 0 amide bonds. The Morgan fingerprint density at radius 3 is 2.42 bits per heavy atom. The first kappa shape index (κ1) is 16.8. The van der Waals surface area contributed by atoms with Crippen LogP contribution in [0, 0.1) is 22.8 Å². The molecule has 0 saturated carbocycles. The van der Waals surface area contributed by atoms with E-state index in [1.807, 2.05) is 18.8 Å². The van der Waals surface area contributed by atoms with Gasteiger partial charge in [0.05, 0.1) is 0 Å². The molecule has 2 aromatic heterocycles. The van der Waals surface area contributed by atoms with Crippen molar-refractivity contribution in [3.05, 3.63) is 58.9 Å². The van der Waals surface area contributed by atoms with Gasteiger partial charge in [0.2, 0.25) is 0 Å². The maximum Gasteiger partial charge on any atom is 0.174 e. The van der Waals surface area contributed by atoms with Gasteiger partial charge in [0.15, 0.2) is 11.5 Å². The Hall–Kier alpha value is -2.03. The molecular formula is C18H15ClF2N2S. The minimum atomic E-state index is -1.11. The fraction of sp³-hybridized carbons (Fsp3) is 0.167. The first-order valence-corrected chi connectivity index (χ1v) is 10.3. The lowest BCUT2D eigenvalue weighted by Gasteiger charge is -2.14. The molecule has 3 aromatic rings. The van der Waals surface area contributed by atoms with Crippen LogP contribution < -0.4 is 0 Å². The minimum absolute atomic E-state index is 0.0505. The molecule has 0 saturated heterocycles. The summed E-state index contributed by atoms with van der Waals surface area (Å²) in [6.07, 6.45) is 7.35. The Morgan fingerprint density at radius 2 is 1.79 bits per heavy atom. The summed E-state index contributed by atoms with van der Waals surface area (Å²) in [6.45, 7) is 0. The average Bonchev–Trinajstić information content (AvgIpc) is 2.84. The maximum absolute atomic E-state index is 14.1. The lowest BCUT2D eigenvalue weighted by Crippen LogP contribution is -1.95. The molecule has 0 aliphatic carbocycles. The molecule has 1 aromatic carbocycles. The maximum atomic E-state index is 14.1. The summed E-state index contributed by atoms with van der Waals surface area (Å²) in [7, 11) is -1.11. The van der Waals surface area contributed by atoms with Crippen LogP contribution in [0.15, 0.2) is 36.5 Å². The zero-order valence-electron chi connectivity index (χ0n) is 13.4. The molecule has 2 nitrogen and oxygen atoms in total. The van der Waals surface area contributed by atoms with Crippen LogP contribution in [0.25, 0.3) is 16.9 Å². The quantitative estimate of drug-likeness (QED) is 0.559. The van der Waals surface area contributed by atoms with E-state index in [-0.39, 0.29) is 5.65 Å². The zero-order chi connectivity index (χ0) is 17.5. The molecule has 24 heavy (non-hydrogen) atoms. The van der Waals surface area contributed by atoms with Crippen molar-refractivity contribution in [1.82, 2.24) is 9.38 Å². The molecule has 0 spiro atoms. The lowest BCUT2D eigenvalue weighted by atomic mass is 10.1. The number of benzene rings is 1. The van der Waals surface area contributed by atoms with Gasteiger partial charge in [-0.25, -0.2) is 13.8 Å². The van der Waals surface area contributed by atoms with E-state index in [2.05, 4.69) is 16.2 Å². The molecule has 0 radical (unpaired) electrons. The summed E-state index contributed by atoms with van der Waals surface area (Å²) >= 11 is 5.92. The summed E-state index contributed by atoms with van der Waals surface area (Å²) in [5, 5.41) is 3.77. The molecule has 6 heteroatoms. The summed E-state index contributed by atoms with van der Waals surface area (Å²) in [6, 6.07) is 7.84. The van der Waals surface area contributed by atoms with Crippen LogP contribution in [0.4, 0.5) is 8.78 Å². The number of fused-ring (bicyclic) bond motifs is 1. The average molecular weight is 365 g/mol. The Kier molecular flexibility index (Phi) is 4.29. The van der Waals surface area contributed by atoms with Crippen LogP contribution in [-0.4, -0.2) is 28.2 Å². The smallest absolute Gasteiger partial charge is 0.174 e. The third-order valence-electron chi connectivity index (χ3n) is 3.24. The summed E-state index contributed by atoms with van der Waals surface area (Å²) in [5.41, 5.74) is 1.77. The molecule has 3 rings (SSSR count). The van der Waals surface area contributed by atoms with Crippen molar-refractivity contribution in [2.24, 2.45) is 0 Å². The third kappa shape index (κ3) is 3.40. The van der Waals surface area contributed by atoms with Gasteiger partial charge < -0.3 is 0 Å². The summed E-state index contributed by atoms with van der Waals surface area (Å²) in [5.74, 6) is 1.67. The van der Waals surface area contributed by atoms with Gasteiger partial charge in [-0.05, 0) is 42.1 Å². The third-order valence-corrected chi connectivity index (χ3v) is 4.20. The highest BCUT2D eigenvalue weighted by Gasteiger charge is 2.17. The van der Waals surface area contributed by atoms with E-state index in [0.29, 0.717) is 16.4 Å². The summed E-state index contributed by atoms with van der Waals surface area (Å²) < 4.78 is 29.1. The number of halogens is 3. The number of pyridine rings is 1. The van der Waals surface area contributed by atoms with Gasteiger partial charge in [0, 0.05) is 22.8 Å². The second kappa shape index (κ2) is 6.12. The van der Waals surface area contributed by atoms with Gasteiger partial charge in [-0.3, -0.25) is 4.40 Å². The molecule has 124 valence electrons. The van der Waals surface area contributed by atoms with Crippen LogP contribution in [0.5, 0.6) is 0 Å². The van der Waals surface area contributed by atoms with Gasteiger partial charge in [-0.15, -0.1) is 0 Å². The van der Waals surface area contributed by atoms with E-state index >= 15 is 0 Å². The van der Waals surface area contributed by atoms with Crippen LogP contribution in [0.3, 0.4) is 0 Å². The predicted molar refractivity (Wildman–Crippen MR) is 97.8 cm³/mol. The first-order chi connectivity index (χ1) is 11.2. The molecule has 2 heterocycles. The highest BCUT2D eigenvalue weighted by Crippen LogP contribution is 2.33. The predicted octanol–water partition coefficient (Wildman–Crippen LogP) is 4.94. The highest BCUT2D eigenvalue weighted by atomic mass is 35.5. The summed E-state index contributed by atoms with van der Waals surface area (Å²) in [4.78, 5) is 4.34. The number of hydrogen-bond donors (Lipinski definition) is 0. The molecule has 0 atom stereocenters.